The van der Waals surface area contributed by atoms with Gasteiger partial charge < -0.3 is 5.32 Å². The molecule has 94 valence electrons. The molecule has 2 aliphatic heterocycles. The van der Waals surface area contributed by atoms with Gasteiger partial charge in [0, 0.05) is 37.5 Å². The van der Waals surface area contributed by atoms with Crippen LogP contribution in [-0.4, -0.2) is 48.1 Å². The van der Waals surface area contributed by atoms with Gasteiger partial charge in [-0.2, -0.15) is 11.8 Å². The van der Waals surface area contributed by atoms with E-state index in [2.05, 4.69) is 35.8 Å². The maximum absolute atomic E-state index is 3.64. The normalized spacial score (nSPS) is 33.2. The Morgan fingerprint density at radius 3 is 2.94 bits per heavy atom. The molecule has 1 N–H and O–H groups in total. The van der Waals surface area contributed by atoms with E-state index in [1.54, 1.807) is 0 Å². The van der Waals surface area contributed by atoms with Gasteiger partial charge >= 0.3 is 0 Å². The highest BCUT2D eigenvalue weighted by molar-refractivity contribution is 7.99. The van der Waals surface area contributed by atoms with Crippen LogP contribution in [0.25, 0.3) is 0 Å². The first-order chi connectivity index (χ1) is 7.75. The molecule has 0 aromatic carbocycles. The van der Waals surface area contributed by atoms with Crippen molar-refractivity contribution in [3.05, 3.63) is 0 Å². The third-order valence-corrected chi connectivity index (χ3v) is 5.21. The summed E-state index contributed by atoms with van der Waals surface area (Å²) in [7, 11) is 0. The minimum atomic E-state index is 0.711. The van der Waals surface area contributed by atoms with Crippen LogP contribution in [0.3, 0.4) is 0 Å². The maximum Gasteiger partial charge on any atom is 0.0218 e. The Kier molecular flexibility index (Phi) is 4.98. The summed E-state index contributed by atoms with van der Waals surface area (Å²) in [6.45, 7) is 9.68. The molecule has 0 bridgehead atoms. The van der Waals surface area contributed by atoms with E-state index in [1.807, 2.05) is 0 Å². The van der Waals surface area contributed by atoms with E-state index in [-0.39, 0.29) is 0 Å². The molecule has 0 aromatic rings. The highest BCUT2D eigenvalue weighted by Crippen LogP contribution is 2.26. The second kappa shape index (κ2) is 6.27. The van der Waals surface area contributed by atoms with Crippen LogP contribution in [0, 0.1) is 5.92 Å². The number of nitrogens with zero attached hydrogens (tertiary/aromatic N) is 1. The van der Waals surface area contributed by atoms with Crippen LogP contribution in [-0.2, 0) is 0 Å². The predicted octanol–water partition coefficient (Wildman–Crippen LogP) is 2.20. The lowest BCUT2D eigenvalue weighted by Crippen LogP contribution is -2.54. The molecule has 2 unspecified atom stereocenters. The van der Waals surface area contributed by atoms with Crippen LogP contribution in [0.5, 0.6) is 0 Å². The van der Waals surface area contributed by atoms with E-state index < -0.39 is 0 Å². The van der Waals surface area contributed by atoms with Crippen molar-refractivity contribution in [3.8, 4) is 0 Å². The lowest BCUT2D eigenvalue weighted by atomic mass is 10.0. The van der Waals surface area contributed by atoms with Crippen LogP contribution in [0.15, 0.2) is 0 Å². The molecule has 0 aromatic heterocycles. The maximum atomic E-state index is 3.64. The molecular formula is C13H26N2S. The van der Waals surface area contributed by atoms with E-state index in [1.165, 1.54) is 51.2 Å². The molecule has 2 nitrogen and oxygen atoms in total. The van der Waals surface area contributed by atoms with Crippen LogP contribution >= 0.6 is 11.8 Å². The molecule has 0 amide bonds. The molecule has 0 saturated carbocycles. The van der Waals surface area contributed by atoms with Crippen LogP contribution in [0.4, 0.5) is 0 Å². The predicted molar refractivity (Wildman–Crippen MR) is 73.2 cm³/mol. The van der Waals surface area contributed by atoms with Gasteiger partial charge in [-0.25, -0.2) is 0 Å². The number of thioether (sulfide) groups is 1. The third-order valence-electron chi connectivity index (χ3n) is 3.83. The summed E-state index contributed by atoms with van der Waals surface area (Å²) in [6, 6.07) is 0.711. The zero-order valence-electron chi connectivity index (χ0n) is 10.7. The SMILES string of the molecule is CC(C)C1CN(CC2CCCCS2)CCN1. The quantitative estimate of drug-likeness (QED) is 0.817. The smallest absolute Gasteiger partial charge is 0.0218 e. The number of nitrogens with one attached hydrogen (secondary N) is 1. The van der Waals surface area contributed by atoms with Crippen molar-refractivity contribution in [2.75, 3.05) is 31.9 Å². The van der Waals surface area contributed by atoms with Gasteiger partial charge in [-0.05, 0) is 24.5 Å². The van der Waals surface area contributed by atoms with Crippen molar-refractivity contribution >= 4 is 11.8 Å². The number of hydrogen-bond donors (Lipinski definition) is 1. The number of rotatable bonds is 3. The summed E-state index contributed by atoms with van der Waals surface area (Å²) in [4.78, 5) is 2.68. The van der Waals surface area contributed by atoms with E-state index in [0.29, 0.717) is 6.04 Å². The fourth-order valence-electron chi connectivity index (χ4n) is 2.69. The van der Waals surface area contributed by atoms with Gasteiger partial charge in [-0.1, -0.05) is 20.3 Å². The Labute approximate surface area is 105 Å². The van der Waals surface area contributed by atoms with Crippen molar-refractivity contribution < 1.29 is 0 Å². The molecule has 0 aliphatic carbocycles. The van der Waals surface area contributed by atoms with Crippen LogP contribution in [0.2, 0.25) is 0 Å². The summed E-state index contributed by atoms with van der Waals surface area (Å²) in [5.41, 5.74) is 0. The van der Waals surface area contributed by atoms with E-state index in [4.69, 9.17) is 0 Å². The Hall–Kier alpha value is 0.270. The van der Waals surface area contributed by atoms with Crippen molar-refractivity contribution in [1.82, 2.24) is 10.2 Å². The van der Waals surface area contributed by atoms with E-state index in [9.17, 15) is 0 Å². The summed E-state index contributed by atoms with van der Waals surface area (Å²) < 4.78 is 0. The molecule has 0 spiro atoms. The van der Waals surface area contributed by atoms with Gasteiger partial charge in [0.2, 0.25) is 0 Å². The van der Waals surface area contributed by atoms with E-state index >= 15 is 0 Å². The highest BCUT2D eigenvalue weighted by atomic mass is 32.2. The van der Waals surface area contributed by atoms with Crippen molar-refractivity contribution in [2.24, 2.45) is 5.92 Å². The standard InChI is InChI=1S/C13H26N2S/c1-11(2)13-10-15(7-6-14-13)9-12-5-3-4-8-16-12/h11-14H,3-10H2,1-2H3. The van der Waals surface area contributed by atoms with Gasteiger partial charge in [0.1, 0.15) is 0 Å². The molecule has 2 rings (SSSR count). The van der Waals surface area contributed by atoms with Crippen molar-refractivity contribution in [2.45, 2.75) is 44.4 Å². The Bertz CT molecular complexity index is 202. The van der Waals surface area contributed by atoms with Crippen LogP contribution < -0.4 is 5.32 Å². The van der Waals surface area contributed by atoms with E-state index in [0.717, 1.165) is 11.2 Å². The summed E-state index contributed by atoms with van der Waals surface area (Å²) in [6.07, 6.45) is 4.34. The average molecular weight is 242 g/mol. The van der Waals surface area contributed by atoms with Crippen molar-refractivity contribution in [3.63, 3.8) is 0 Å². The number of piperazine rings is 1. The molecule has 3 heteroatoms. The second-order valence-corrected chi connectivity index (χ2v) is 6.96. The average Bonchev–Trinajstić information content (AvgIpc) is 2.30. The summed E-state index contributed by atoms with van der Waals surface area (Å²) >= 11 is 2.20. The third kappa shape index (κ3) is 3.64. The largest absolute Gasteiger partial charge is 0.311 e. The summed E-state index contributed by atoms with van der Waals surface area (Å²) in [5, 5.41) is 4.55. The fraction of sp³-hybridized carbons (Fsp3) is 1.00. The lowest BCUT2D eigenvalue weighted by molar-refractivity contribution is 0.174. The molecule has 2 fully saturated rings. The summed E-state index contributed by atoms with van der Waals surface area (Å²) in [5.74, 6) is 2.16. The first-order valence-corrected chi connectivity index (χ1v) is 7.88. The molecule has 2 atom stereocenters. The molecular weight excluding hydrogens is 216 g/mol. The van der Waals surface area contributed by atoms with Gasteiger partial charge in [0.05, 0.1) is 0 Å². The van der Waals surface area contributed by atoms with Crippen molar-refractivity contribution in [1.29, 1.82) is 0 Å². The number of hydrogen-bond acceptors (Lipinski definition) is 3. The molecule has 16 heavy (non-hydrogen) atoms. The first kappa shape index (κ1) is 12.7. The zero-order valence-corrected chi connectivity index (χ0v) is 11.6. The second-order valence-electron chi connectivity index (χ2n) is 5.55. The Morgan fingerprint density at radius 2 is 2.25 bits per heavy atom. The highest BCUT2D eigenvalue weighted by Gasteiger charge is 2.24. The van der Waals surface area contributed by atoms with Gasteiger partial charge in [0.25, 0.3) is 0 Å². The molecule has 2 aliphatic rings. The molecule has 0 radical (unpaired) electrons. The Balaban J connectivity index is 1.75. The van der Waals surface area contributed by atoms with Gasteiger partial charge in [-0.3, -0.25) is 4.90 Å². The Morgan fingerprint density at radius 1 is 1.38 bits per heavy atom. The topological polar surface area (TPSA) is 15.3 Å². The van der Waals surface area contributed by atoms with Crippen LogP contribution in [0.1, 0.15) is 33.1 Å². The minimum absolute atomic E-state index is 0.711. The van der Waals surface area contributed by atoms with Gasteiger partial charge in [0.15, 0.2) is 0 Å². The molecule has 2 saturated heterocycles. The zero-order chi connectivity index (χ0) is 11.4. The fourth-order valence-corrected chi connectivity index (χ4v) is 4.05. The lowest BCUT2D eigenvalue weighted by Gasteiger charge is -2.38. The molecule has 2 heterocycles. The monoisotopic (exact) mass is 242 g/mol. The minimum Gasteiger partial charge on any atom is -0.311 e. The van der Waals surface area contributed by atoms with Gasteiger partial charge in [-0.15, -0.1) is 0 Å². The first-order valence-electron chi connectivity index (χ1n) is 6.83.